The van der Waals surface area contributed by atoms with Crippen LogP contribution in [0.1, 0.15) is 38.8 Å². The molecule has 0 aliphatic carbocycles. The van der Waals surface area contributed by atoms with Crippen LogP contribution in [0.2, 0.25) is 0 Å². The van der Waals surface area contributed by atoms with Gasteiger partial charge in [-0.1, -0.05) is 32.9 Å². The molecule has 0 spiro atoms. The van der Waals surface area contributed by atoms with E-state index in [2.05, 4.69) is 47.2 Å². The minimum absolute atomic E-state index is 0.0761. The van der Waals surface area contributed by atoms with Crippen LogP contribution in [0.4, 0.5) is 0 Å². The Balaban J connectivity index is 1.91. The lowest BCUT2D eigenvalue weighted by atomic mass is 9.87. The number of halogens is 1. The number of benzene rings is 2. The zero-order valence-electron chi connectivity index (χ0n) is 16.2. The third-order valence-corrected chi connectivity index (χ3v) is 4.59. The maximum absolute atomic E-state index is 12.2. The number of amides is 1. The zero-order valence-corrected chi connectivity index (χ0v) is 17.8. The maximum Gasteiger partial charge on any atom is 0.280 e. The van der Waals surface area contributed by atoms with Gasteiger partial charge in [-0.05, 0) is 69.7 Å². The molecular weight excluding hydrogens is 408 g/mol. The summed E-state index contributed by atoms with van der Waals surface area (Å²) in [5.74, 6) is 1.06. The van der Waals surface area contributed by atoms with Crippen molar-refractivity contribution in [2.45, 2.75) is 39.2 Å². The summed E-state index contributed by atoms with van der Waals surface area (Å²) in [6, 6.07) is 13.3. The van der Waals surface area contributed by atoms with Gasteiger partial charge in [-0.3, -0.25) is 4.79 Å². The summed E-state index contributed by atoms with van der Waals surface area (Å²) in [5.41, 5.74) is 4.61. The first-order chi connectivity index (χ1) is 12.7. The molecule has 0 radical (unpaired) electrons. The highest BCUT2D eigenvalue weighted by Gasteiger charge is 2.16. The maximum atomic E-state index is 12.2. The fraction of sp³-hybridized carbons (Fsp3) is 0.333. The Kier molecular flexibility index (Phi) is 7.02. The number of nitrogens with one attached hydrogen (secondary N) is 1. The molecule has 0 heterocycles. The first-order valence-corrected chi connectivity index (χ1v) is 9.43. The van der Waals surface area contributed by atoms with Gasteiger partial charge < -0.3 is 9.47 Å². The Labute approximate surface area is 168 Å². The lowest BCUT2D eigenvalue weighted by Gasteiger charge is -2.19. The molecule has 0 bridgehead atoms. The molecule has 27 heavy (non-hydrogen) atoms. The van der Waals surface area contributed by atoms with E-state index in [4.69, 9.17) is 9.47 Å². The van der Waals surface area contributed by atoms with E-state index in [0.29, 0.717) is 5.75 Å². The van der Waals surface area contributed by atoms with Crippen molar-refractivity contribution in [3.63, 3.8) is 0 Å². The molecule has 1 unspecified atom stereocenters. The molecule has 0 aliphatic heterocycles. The molecule has 1 N–H and O–H groups in total. The molecule has 2 rings (SSSR count). The minimum atomic E-state index is -0.662. The van der Waals surface area contributed by atoms with Crippen molar-refractivity contribution in [2.24, 2.45) is 5.10 Å². The highest BCUT2D eigenvalue weighted by Crippen LogP contribution is 2.25. The Morgan fingerprint density at radius 1 is 1.19 bits per heavy atom. The number of methoxy groups -OCH3 is 1. The van der Waals surface area contributed by atoms with Gasteiger partial charge in [0.1, 0.15) is 11.5 Å². The van der Waals surface area contributed by atoms with Gasteiger partial charge in [0.25, 0.3) is 5.91 Å². The largest absolute Gasteiger partial charge is 0.496 e. The zero-order chi connectivity index (χ0) is 20.0. The number of carbonyl (C=O) groups is 1. The molecule has 2 aromatic rings. The SMILES string of the molecule is COc1ccc(/C=N/NC(=O)C(C)Oc2ccc(C(C)(C)C)cc2)cc1Br. The number of rotatable bonds is 6. The van der Waals surface area contributed by atoms with Crippen molar-refractivity contribution in [3.8, 4) is 11.5 Å². The van der Waals surface area contributed by atoms with Crippen LogP contribution in [0.25, 0.3) is 0 Å². The predicted octanol–water partition coefficient (Wildman–Crippen LogP) is 4.67. The van der Waals surface area contributed by atoms with E-state index in [1.165, 1.54) is 5.56 Å². The Hall–Kier alpha value is -2.34. The molecule has 2 aromatic carbocycles. The summed E-state index contributed by atoms with van der Waals surface area (Å²) < 4.78 is 11.7. The van der Waals surface area contributed by atoms with Crippen LogP contribution in [0.5, 0.6) is 11.5 Å². The van der Waals surface area contributed by atoms with Gasteiger partial charge in [0.05, 0.1) is 17.8 Å². The molecule has 6 heteroatoms. The van der Waals surface area contributed by atoms with Crippen LogP contribution in [0.15, 0.2) is 52.0 Å². The topological polar surface area (TPSA) is 59.9 Å². The molecule has 1 amide bonds. The molecular formula is C21H25BrN2O3. The third kappa shape index (κ3) is 6.10. The Morgan fingerprint density at radius 3 is 2.41 bits per heavy atom. The van der Waals surface area contributed by atoms with Gasteiger partial charge >= 0.3 is 0 Å². The highest BCUT2D eigenvalue weighted by molar-refractivity contribution is 9.10. The fourth-order valence-electron chi connectivity index (χ4n) is 2.32. The molecule has 0 saturated carbocycles. The summed E-state index contributed by atoms with van der Waals surface area (Å²) in [6.07, 6.45) is 0.901. The summed E-state index contributed by atoms with van der Waals surface area (Å²) >= 11 is 3.41. The number of hydrazone groups is 1. The van der Waals surface area contributed by atoms with Crippen LogP contribution in [-0.2, 0) is 10.2 Å². The quantitative estimate of drug-likeness (QED) is 0.532. The monoisotopic (exact) mass is 432 g/mol. The van der Waals surface area contributed by atoms with E-state index in [-0.39, 0.29) is 11.3 Å². The van der Waals surface area contributed by atoms with E-state index >= 15 is 0 Å². The van der Waals surface area contributed by atoms with E-state index in [1.807, 2.05) is 42.5 Å². The number of ether oxygens (including phenoxy) is 2. The van der Waals surface area contributed by atoms with Crippen molar-refractivity contribution < 1.29 is 14.3 Å². The summed E-state index contributed by atoms with van der Waals surface area (Å²) in [4.78, 5) is 12.2. The van der Waals surface area contributed by atoms with E-state index in [0.717, 1.165) is 15.8 Å². The molecule has 144 valence electrons. The standard InChI is InChI=1S/C21H25BrN2O3/c1-14(27-17-9-7-16(8-10-17)21(2,3)4)20(25)24-23-13-15-6-11-19(26-5)18(22)12-15/h6-14H,1-5H3,(H,24,25)/b23-13+. The molecule has 0 saturated heterocycles. The Morgan fingerprint density at radius 2 is 1.85 bits per heavy atom. The second kappa shape index (κ2) is 9.04. The summed E-state index contributed by atoms with van der Waals surface area (Å²) in [5, 5.41) is 3.98. The molecule has 5 nitrogen and oxygen atoms in total. The molecule has 0 aromatic heterocycles. The van der Waals surface area contributed by atoms with Gasteiger partial charge in [-0.2, -0.15) is 5.10 Å². The van der Waals surface area contributed by atoms with Crippen LogP contribution in [0.3, 0.4) is 0 Å². The minimum Gasteiger partial charge on any atom is -0.496 e. The van der Waals surface area contributed by atoms with Crippen LogP contribution in [0, 0.1) is 0 Å². The highest BCUT2D eigenvalue weighted by atomic mass is 79.9. The average molecular weight is 433 g/mol. The van der Waals surface area contributed by atoms with Crippen LogP contribution in [-0.4, -0.2) is 25.3 Å². The number of hydrogen-bond donors (Lipinski definition) is 1. The predicted molar refractivity (Wildman–Crippen MR) is 112 cm³/mol. The van der Waals surface area contributed by atoms with Crippen molar-refractivity contribution in [3.05, 3.63) is 58.1 Å². The van der Waals surface area contributed by atoms with Crippen molar-refractivity contribution >= 4 is 28.1 Å². The van der Waals surface area contributed by atoms with Gasteiger partial charge in [0.15, 0.2) is 6.10 Å². The lowest BCUT2D eigenvalue weighted by molar-refractivity contribution is -0.127. The van der Waals surface area contributed by atoms with Gasteiger partial charge in [-0.25, -0.2) is 5.43 Å². The summed E-state index contributed by atoms with van der Waals surface area (Å²) in [7, 11) is 1.60. The number of nitrogens with zero attached hydrogens (tertiary/aromatic N) is 1. The van der Waals surface area contributed by atoms with E-state index < -0.39 is 6.10 Å². The fourth-order valence-corrected chi connectivity index (χ4v) is 2.87. The van der Waals surface area contributed by atoms with Gasteiger partial charge in [-0.15, -0.1) is 0 Å². The molecule has 0 aliphatic rings. The molecule has 0 fully saturated rings. The normalized spacial score (nSPS) is 12.7. The van der Waals surface area contributed by atoms with Gasteiger partial charge in [0.2, 0.25) is 0 Å². The van der Waals surface area contributed by atoms with E-state index in [9.17, 15) is 4.79 Å². The number of hydrogen-bond acceptors (Lipinski definition) is 4. The van der Waals surface area contributed by atoms with Crippen LogP contribution >= 0.6 is 15.9 Å². The lowest BCUT2D eigenvalue weighted by Crippen LogP contribution is -2.33. The van der Waals surface area contributed by atoms with E-state index in [1.54, 1.807) is 20.2 Å². The van der Waals surface area contributed by atoms with Crippen molar-refractivity contribution in [1.29, 1.82) is 0 Å². The average Bonchev–Trinajstić information content (AvgIpc) is 2.61. The van der Waals surface area contributed by atoms with Gasteiger partial charge in [0, 0.05) is 0 Å². The molecule has 1 atom stereocenters. The van der Waals surface area contributed by atoms with Crippen molar-refractivity contribution in [1.82, 2.24) is 5.43 Å². The number of carbonyl (C=O) groups excluding carboxylic acids is 1. The Bertz CT molecular complexity index is 811. The first-order valence-electron chi connectivity index (χ1n) is 8.64. The van der Waals surface area contributed by atoms with Crippen molar-refractivity contribution in [2.75, 3.05) is 7.11 Å². The van der Waals surface area contributed by atoms with Crippen LogP contribution < -0.4 is 14.9 Å². The second-order valence-electron chi connectivity index (χ2n) is 7.16. The smallest absolute Gasteiger partial charge is 0.280 e. The third-order valence-electron chi connectivity index (χ3n) is 3.97. The summed E-state index contributed by atoms with van der Waals surface area (Å²) in [6.45, 7) is 8.14. The first kappa shape index (κ1) is 21.0. The second-order valence-corrected chi connectivity index (χ2v) is 8.02.